The molecule has 1 heterocycles. The number of benzene rings is 1. The second-order valence-electron chi connectivity index (χ2n) is 4.91. The average molecular weight is 311 g/mol. The van der Waals surface area contributed by atoms with Gasteiger partial charge in [-0.05, 0) is 17.7 Å². The van der Waals surface area contributed by atoms with E-state index in [1.165, 1.54) is 4.90 Å². The zero-order chi connectivity index (χ0) is 15.6. The maximum atomic E-state index is 13.6. The summed E-state index contributed by atoms with van der Waals surface area (Å²) in [4.78, 5) is 1.50. The first-order valence-corrected chi connectivity index (χ1v) is 6.33. The van der Waals surface area contributed by atoms with Gasteiger partial charge in [-0.25, -0.2) is 8.78 Å². The standard InChI is InChI=1S/C13H14F5NO2/c14-10-3-8(7-20)4-11(15)12(10)21-9-5-19(6-9)2-1-13(16,17)18/h3-4,9,20H,1-2,5-7H2. The van der Waals surface area contributed by atoms with Crippen molar-refractivity contribution in [1.82, 2.24) is 4.90 Å². The molecule has 0 radical (unpaired) electrons. The molecule has 0 spiro atoms. The van der Waals surface area contributed by atoms with Crippen molar-refractivity contribution in [3.8, 4) is 5.75 Å². The minimum atomic E-state index is -4.22. The first-order chi connectivity index (χ1) is 9.78. The van der Waals surface area contributed by atoms with Crippen LogP contribution in [0.4, 0.5) is 22.0 Å². The van der Waals surface area contributed by atoms with Gasteiger partial charge in [-0.1, -0.05) is 0 Å². The molecule has 0 atom stereocenters. The summed E-state index contributed by atoms with van der Waals surface area (Å²) in [6.07, 6.45) is -5.68. The Labute approximate surface area is 117 Å². The molecule has 3 nitrogen and oxygen atoms in total. The molecule has 0 unspecified atom stereocenters. The molecule has 0 amide bonds. The molecule has 1 saturated heterocycles. The third kappa shape index (κ3) is 4.28. The molecule has 21 heavy (non-hydrogen) atoms. The van der Waals surface area contributed by atoms with E-state index in [1.54, 1.807) is 0 Å². The summed E-state index contributed by atoms with van der Waals surface area (Å²) < 4.78 is 68.3. The Morgan fingerprint density at radius 1 is 1.19 bits per heavy atom. The van der Waals surface area contributed by atoms with Crippen molar-refractivity contribution in [2.45, 2.75) is 25.3 Å². The number of ether oxygens (including phenoxy) is 1. The summed E-state index contributed by atoms with van der Waals surface area (Å²) in [6, 6.07) is 1.91. The highest BCUT2D eigenvalue weighted by Gasteiger charge is 2.34. The second-order valence-corrected chi connectivity index (χ2v) is 4.91. The van der Waals surface area contributed by atoms with Crippen molar-refractivity contribution in [3.63, 3.8) is 0 Å². The minimum Gasteiger partial charge on any atom is -0.482 e. The summed E-state index contributed by atoms with van der Waals surface area (Å²) in [7, 11) is 0. The predicted molar refractivity (Wildman–Crippen MR) is 63.8 cm³/mol. The molecule has 1 aromatic carbocycles. The monoisotopic (exact) mass is 311 g/mol. The maximum absolute atomic E-state index is 13.6. The summed E-state index contributed by atoms with van der Waals surface area (Å²) >= 11 is 0. The molecule has 0 aromatic heterocycles. The first-order valence-electron chi connectivity index (χ1n) is 6.33. The van der Waals surface area contributed by atoms with Crippen LogP contribution in [-0.2, 0) is 6.61 Å². The summed E-state index contributed by atoms with van der Waals surface area (Å²) in [5.74, 6) is -2.44. The highest BCUT2D eigenvalue weighted by molar-refractivity contribution is 5.31. The fraction of sp³-hybridized carbons (Fsp3) is 0.538. The third-order valence-corrected chi connectivity index (χ3v) is 3.16. The number of rotatable bonds is 5. The molecule has 0 aliphatic carbocycles. The SMILES string of the molecule is OCc1cc(F)c(OC2CN(CCC(F)(F)F)C2)c(F)c1. The molecular weight excluding hydrogens is 297 g/mol. The van der Waals surface area contributed by atoms with Crippen molar-refractivity contribution in [2.75, 3.05) is 19.6 Å². The Hall–Kier alpha value is -1.41. The van der Waals surface area contributed by atoms with Crippen molar-refractivity contribution < 1.29 is 31.8 Å². The Morgan fingerprint density at radius 3 is 2.24 bits per heavy atom. The van der Waals surface area contributed by atoms with E-state index in [2.05, 4.69) is 0 Å². The van der Waals surface area contributed by atoms with Crippen LogP contribution in [0.15, 0.2) is 12.1 Å². The molecule has 1 N–H and O–H groups in total. The number of hydrogen-bond donors (Lipinski definition) is 1. The lowest BCUT2D eigenvalue weighted by atomic mass is 10.1. The van der Waals surface area contributed by atoms with Gasteiger partial charge in [0.25, 0.3) is 0 Å². The Balaban J connectivity index is 1.85. The van der Waals surface area contributed by atoms with Crippen LogP contribution in [0.2, 0.25) is 0 Å². The summed E-state index contributed by atoms with van der Waals surface area (Å²) in [5, 5.41) is 8.80. The normalized spacial score (nSPS) is 16.9. The smallest absolute Gasteiger partial charge is 0.390 e. The van der Waals surface area contributed by atoms with E-state index in [-0.39, 0.29) is 25.2 Å². The quantitative estimate of drug-likeness (QED) is 0.848. The Morgan fingerprint density at radius 2 is 1.76 bits per heavy atom. The fourth-order valence-corrected chi connectivity index (χ4v) is 2.05. The Bertz CT molecular complexity index is 477. The summed E-state index contributed by atoms with van der Waals surface area (Å²) in [6.45, 7) is -0.270. The molecule has 8 heteroatoms. The lowest BCUT2D eigenvalue weighted by molar-refractivity contribution is -0.142. The molecule has 118 valence electrons. The van der Waals surface area contributed by atoms with E-state index in [0.29, 0.717) is 0 Å². The topological polar surface area (TPSA) is 32.7 Å². The largest absolute Gasteiger partial charge is 0.482 e. The lowest BCUT2D eigenvalue weighted by Crippen LogP contribution is -2.54. The van der Waals surface area contributed by atoms with Crippen molar-refractivity contribution in [1.29, 1.82) is 0 Å². The van der Waals surface area contributed by atoms with Gasteiger partial charge in [0.2, 0.25) is 0 Å². The van der Waals surface area contributed by atoms with Gasteiger partial charge in [-0.15, -0.1) is 0 Å². The lowest BCUT2D eigenvalue weighted by Gasteiger charge is -2.39. The number of alkyl halides is 3. The number of halogens is 5. The van der Waals surface area contributed by atoms with Crippen LogP contribution >= 0.6 is 0 Å². The minimum absolute atomic E-state index is 0.0813. The predicted octanol–water partition coefficient (Wildman–Crippen LogP) is 2.47. The van der Waals surface area contributed by atoms with Crippen molar-refractivity contribution >= 4 is 0 Å². The van der Waals surface area contributed by atoms with E-state index in [4.69, 9.17) is 9.84 Å². The van der Waals surface area contributed by atoms with Crippen LogP contribution in [0.3, 0.4) is 0 Å². The maximum Gasteiger partial charge on any atom is 0.390 e. The zero-order valence-electron chi connectivity index (χ0n) is 11.0. The van der Waals surface area contributed by atoms with Crippen LogP contribution < -0.4 is 4.74 Å². The molecule has 1 fully saturated rings. The number of aliphatic hydroxyl groups is 1. The molecule has 2 rings (SSSR count). The Kier molecular flexibility index (Phi) is 4.67. The van der Waals surface area contributed by atoms with Gasteiger partial charge in [0.1, 0.15) is 6.10 Å². The number of nitrogens with zero attached hydrogens (tertiary/aromatic N) is 1. The molecule has 1 aliphatic heterocycles. The molecule has 1 aromatic rings. The van der Waals surface area contributed by atoms with Crippen LogP contribution in [0.25, 0.3) is 0 Å². The van der Waals surface area contributed by atoms with E-state index in [0.717, 1.165) is 12.1 Å². The second kappa shape index (κ2) is 6.15. The number of hydrogen-bond acceptors (Lipinski definition) is 3. The van der Waals surface area contributed by atoms with Crippen LogP contribution in [0, 0.1) is 11.6 Å². The van der Waals surface area contributed by atoms with Crippen LogP contribution in [0.1, 0.15) is 12.0 Å². The van der Waals surface area contributed by atoms with E-state index in [1.807, 2.05) is 0 Å². The number of aliphatic hydroxyl groups excluding tert-OH is 1. The van der Waals surface area contributed by atoms with Crippen molar-refractivity contribution in [2.24, 2.45) is 0 Å². The number of likely N-dealkylation sites (tertiary alicyclic amines) is 1. The van der Waals surface area contributed by atoms with Crippen LogP contribution in [0.5, 0.6) is 5.75 Å². The molecular formula is C13H14F5NO2. The summed E-state index contributed by atoms with van der Waals surface area (Å²) in [5.41, 5.74) is 0.0813. The zero-order valence-corrected chi connectivity index (χ0v) is 11.0. The highest BCUT2D eigenvalue weighted by atomic mass is 19.4. The van der Waals surface area contributed by atoms with E-state index < -0.39 is 42.7 Å². The van der Waals surface area contributed by atoms with E-state index in [9.17, 15) is 22.0 Å². The molecule has 0 saturated carbocycles. The third-order valence-electron chi connectivity index (χ3n) is 3.16. The van der Waals surface area contributed by atoms with Gasteiger partial charge in [-0.2, -0.15) is 13.2 Å². The van der Waals surface area contributed by atoms with Crippen LogP contribution in [-0.4, -0.2) is 41.9 Å². The fourth-order valence-electron chi connectivity index (χ4n) is 2.05. The van der Waals surface area contributed by atoms with Gasteiger partial charge >= 0.3 is 6.18 Å². The van der Waals surface area contributed by atoms with Crippen molar-refractivity contribution in [3.05, 3.63) is 29.3 Å². The molecule has 1 aliphatic rings. The van der Waals surface area contributed by atoms with Gasteiger partial charge in [0, 0.05) is 19.6 Å². The van der Waals surface area contributed by atoms with Gasteiger partial charge in [0.15, 0.2) is 17.4 Å². The van der Waals surface area contributed by atoms with Gasteiger partial charge in [0.05, 0.1) is 13.0 Å². The highest BCUT2D eigenvalue weighted by Crippen LogP contribution is 2.27. The molecule has 0 bridgehead atoms. The van der Waals surface area contributed by atoms with Gasteiger partial charge in [-0.3, -0.25) is 4.90 Å². The first kappa shape index (κ1) is 16.0. The van der Waals surface area contributed by atoms with Gasteiger partial charge < -0.3 is 9.84 Å². The van der Waals surface area contributed by atoms with E-state index >= 15 is 0 Å². The average Bonchev–Trinajstić information content (AvgIpc) is 2.33.